The van der Waals surface area contributed by atoms with Crippen LogP contribution >= 0.6 is 0 Å². The minimum atomic E-state index is -0.627. The largest absolute Gasteiger partial charge is 0.381 e. The van der Waals surface area contributed by atoms with Gasteiger partial charge < -0.3 is 15.8 Å². The number of ether oxygens (including phenoxy) is 1. The summed E-state index contributed by atoms with van der Waals surface area (Å²) in [6.45, 7) is 4.91. The molecule has 1 saturated heterocycles. The van der Waals surface area contributed by atoms with Crippen LogP contribution in [0.25, 0.3) is 0 Å². The first-order valence-electron chi connectivity index (χ1n) is 5.81. The molecule has 1 fully saturated rings. The van der Waals surface area contributed by atoms with E-state index in [-0.39, 0.29) is 11.8 Å². The van der Waals surface area contributed by atoms with Crippen LogP contribution in [0.2, 0.25) is 0 Å². The number of primary amides is 1. The van der Waals surface area contributed by atoms with E-state index in [1.165, 1.54) is 0 Å². The normalized spacial score (nSPS) is 20.7. The molecule has 5 nitrogen and oxygen atoms in total. The molecule has 0 aromatic rings. The van der Waals surface area contributed by atoms with Crippen molar-refractivity contribution in [1.29, 1.82) is 0 Å². The van der Waals surface area contributed by atoms with Gasteiger partial charge in [0.05, 0.1) is 12.5 Å². The molecular formula is C12H20N2O3. The summed E-state index contributed by atoms with van der Waals surface area (Å²) in [4.78, 5) is 23.0. The lowest BCUT2D eigenvalue weighted by molar-refractivity contribution is -0.129. The summed E-state index contributed by atoms with van der Waals surface area (Å²) in [5, 5.41) is 2.68. The summed E-state index contributed by atoms with van der Waals surface area (Å²) in [5.41, 5.74) is 6.35. The van der Waals surface area contributed by atoms with Crippen molar-refractivity contribution < 1.29 is 14.3 Å². The van der Waals surface area contributed by atoms with Crippen molar-refractivity contribution in [2.45, 2.75) is 32.7 Å². The van der Waals surface area contributed by atoms with E-state index in [2.05, 4.69) is 5.32 Å². The van der Waals surface area contributed by atoms with Gasteiger partial charge in [-0.2, -0.15) is 0 Å². The van der Waals surface area contributed by atoms with E-state index in [4.69, 9.17) is 10.5 Å². The topological polar surface area (TPSA) is 81.4 Å². The Morgan fingerprint density at radius 3 is 2.71 bits per heavy atom. The lowest BCUT2D eigenvalue weighted by atomic mass is 10.1. The molecule has 3 N–H and O–H groups in total. The van der Waals surface area contributed by atoms with Crippen molar-refractivity contribution in [1.82, 2.24) is 5.32 Å². The fraction of sp³-hybridized carbons (Fsp3) is 0.667. The molecule has 96 valence electrons. The molecule has 0 spiro atoms. The maximum absolute atomic E-state index is 11.8. The number of hydrogen-bond acceptors (Lipinski definition) is 3. The lowest BCUT2D eigenvalue weighted by Crippen LogP contribution is -2.46. The van der Waals surface area contributed by atoms with Crippen LogP contribution < -0.4 is 11.1 Å². The molecule has 1 rings (SSSR count). The minimum Gasteiger partial charge on any atom is -0.381 e. The zero-order valence-corrected chi connectivity index (χ0v) is 10.4. The van der Waals surface area contributed by atoms with Crippen LogP contribution in [0.1, 0.15) is 26.7 Å². The van der Waals surface area contributed by atoms with E-state index < -0.39 is 11.9 Å². The van der Waals surface area contributed by atoms with E-state index in [1.807, 2.05) is 19.9 Å². The molecule has 0 aliphatic carbocycles. The Morgan fingerprint density at radius 1 is 1.53 bits per heavy atom. The summed E-state index contributed by atoms with van der Waals surface area (Å²) in [6, 6.07) is -0.627. The Kier molecular flexibility index (Phi) is 5.15. The highest BCUT2D eigenvalue weighted by Gasteiger charge is 2.26. The predicted octanol–water partition coefficient (Wildman–Crippen LogP) is 0.349. The molecule has 5 heteroatoms. The molecule has 0 radical (unpaired) electrons. The highest BCUT2D eigenvalue weighted by molar-refractivity contribution is 5.87. The van der Waals surface area contributed by atoms with Gasteiger partial charge in [-0.15, -0.1) is 0 Å². The van der Waals surface area contributed by atoms with E-state index in [9.17, 15) is 9.59 Å². The number of nitrogens with two attached hydrogens (primary N) is 1. The van der Waals surface area contributed by atoms with Crippen molar-refractivity contribution in [3.63, 3.8) is 0 Å². The summed E-state index contributed by atoms with van der Waals surface area (Å²) in [5.74, 6) is -0.799. The predicted molar refractivity (Wildman–Crippen MR) is 64.1 cm³/mol. The average molecular weight is 240 g/mol. The van der Waals surface area contributed by atoms with Crippen molar-refractivity contribution in [2.75, 3.05) is 13.2 Å². The number of nitrogens with one attached hydrogen (secondary N) is 1. The first kappa shape index (κ1) is 13.7. The van der Waals surface area contributed by atoms with E-state index >= 15 is 0 Å². The second kappa shape index (κ2) is 6.39. The third-order valence-electron chi connectivity index (χ3n) is 2.72. The highest BCUT2D eigenvalue weighted by atomic mass is 16.5. The van der Waals surface area contributed by atoms with Gasteiger partial charge in [-0.25, -0.2) is 0 Å². The summed E-state index contributed by atoms with van der Waals surface area (Å²) >= 11 is 0. The van der Waals surface area contributed by atoms with Gasteiger partial charge in [0, 0.05) is 6.61 Å². The van der Waals surface area contributed by atoms with Crippen LogP contribution in [0.5, 0.6) is 0 Å². The Balaban J connectivity index is 2.51. The van der Waals surface area contributed by atoms with Gasteiger partial charge in [0.25, 0.3) is 0 Å². The first-order valence-corrected chi connectivity index (χ1v) is 5.81. The zero-order valence-electron chi connectivity index (χ0n) is 10.4. The average Bonchev–Trinajstić information content (AvgIpc) is 2.76. The molecule has 17 heavy (non-hydrogen) atoms. The van der Waals surface area contributed by atoms with Crippen molar-refractivity contribution in [2.24, 2.45) is 11.7 Å². The molecule has 0 saturated carbocycles. The minimum absolute atomic E-state index is 0.145. The Labute approximate surface area is 101 Å². The van der Waals surface area contributed by atoms with E-state index in [0.717, 1.165) is 5.57 Å². The SMILES string of the molecule is CC(C)=CC[C@H](NC(=O)[C@H]1CCOC1)C(N)=O. The Bertz CT molecular complexity index is 316. The van der Waals surface area contributed by atoms with E-state index in [1.54, 1.807) is 0 Å². The number of carbonyl (C=O) groups is 2. The fourth-order valence-electron chi connectivity index (χ4n) is 1.63. The highest BCUT2D eigenvalue weighted by Crippen LogP contribution is 2.12. The van der Waals surface area contributed by atoms with Crippen LogP contribution in [-0.4, -0.2) is 31.1 Å². The molecule has 2 atom stereocenters. The molecule has 0 aromatic carbocycles. The number of allylic oxidation sites excluding steroid dienone is 1. The van der Waals surface area contributed by atoms with Gasteiger partial charge in [-0.1, -0.05) is 11.6 Å². The third kappa shape index (κ3) is 4.56. The van der Waals surface area contributed by atoms with Crippen LogP contribution in [-0.2, 0) is 14.3 Å². The maximum Gasteiger partial charge on any atom is 0.240 e. The van der Waals surface area contributed by atoms with Gasteiger partial charge in [0.15, 0.2) is 0 Å². The second-order valence-corrected chi connectivity index (χ2v) is 4.54. The molecule has 1 heterocycles. The molecule has 0 aromatic heterocycles. The third-order valence-corrected chi connectivity index (χ3v) is 2.72. The number of carbonyl (C=O) groups excluding carboxylic acids is 2. The van der Waals surface area contributed by atoms with E-state index in [0.29, 0.717) is 26.1 Å². The summed E-state index contributed by atoms with van der Waals surface area (Å²) in [7, 11) is 0. The quantitative estimate of drug-likeness (QED) is 0.680. The molecule has 0 unspecified atom stereocenters. The van der Waals surface area contributed by atoms with Gasteiger partial charge in [0.2, 0.25) is 11.8 Å². The smallest absolute Gasteiger partial charge is 0.240 e. The van der Waals surface area contributed by atoms with Crippen molar-refractivity contribution in [3.05, 3.63) is 11.6 Å². The van der Waals surface area contributed by atoms with Gasteiger partial charge in [-0.3, -0.25) is 9.59 Å². The molecule has 1 aliphatic rings. The Hall–Kier alpha value is -1.36. The molecule has 2 amide bonds. The van der Waals surface area contributed by atoms with Crippen molar-refractivity contribution >= 4 is 11.8 Å². The number of hydrogen-bond donors (Lipinski definition) is 2. The van der Waals surface area contributed by atoms with Gasteiger partial charge in [-0.05, 0) is 26.7 Å². The maximum atomic E-state index is 11.8. The standard InChI is InChI=1S/C12H20N2O3/c1-8(2)3-4-10(11(13)15)14-12(16)9-5-6-17-7-9/h3,9-10H,4-7H2,1-2H3,(H2,13,15)(H,14,16)/t9-,10-/m0/s1. The first-order chi connectivity index (χ1) is 8.00. The van der Waals surface area contributed by atoms with Gasteiger partial charge >= 0.3 is 0 Å². The number of amides is 2. The second-order valence-electron chi connectivity index (χ2n) is 4.54. The fourth-order valence-corrected chi connectivity index (χ4v) is 1.63. The van der Waals surface area contributed by atoms with Gasteiger partial charge in [0.1, 0.15) is 6.04 Å². The molecular weight excluding hydrogens is 220 g/mol. The number of rotatable bonds is 5. The monoisotopic (exact) mass is 240 g/mol. The molecule has 0 bridgehead atoms. The lowest BCUT2D eigenvalue weighted by Gasteiger charge is -2.16. The van der Waals surface area contributed by atoms with Crippen LogP contribution in [0.3, 0.4) is 0 Å². The Morgan fingerprint density at radius 2 is 2.24 bits per heavy atom. The van der Waals surface area contributed by atoms with Crippen LogP contribution in [0.4, 0.5) is 0 Å². The summed E-state index contributed by atoms with van der Waals surface area (Å²) in [6.07, 6.45) is 3.04. The zero-order chi connectivity index (χ0) is 12.8. The molecule has 1 aliphatic heterocycles. The van der Waals surface area contributed by atoms with Crippen LogP contribution in [0.15, 0.2) is 11.6 Å². The van der Waals surface area contributed by atoms with Crippen LogP contribution in [0, 0.1) is 5.92 Å². The summed E-state index contributed by atoms with van der Waals surface area (Å²) < 4.78 is 5.13. The van der Waals surface area contributed by atoms with Crippen molar-refractivity contribution in [3.8, 4) is 0 Å².